The molecular formula is C21H34N2O4Si. The lowest BCUT2D eigenvalue weighted by Gasteiger charge is -2.30. The van der Waals surface area contributed by atoms with Crippen molar-refractivity contribution in [3.05, 3.63) is 29.8 Å². The number of amides is 1. The molecule has 6 nitrogen and oxygen atoms in total. The summed E-state index contributed by atoms with van der Waals surface area (Å²) in [7, 11) is -2.35. The average molecular weight is 407 g/mol. The van der Waals surface area contributed by atoms with Gasteiger partial charge in [-0.2, -0.15) is 0 Å². The van der Waals surface area contributed by atoms with Crippen molar-refractivity contribution >= 4 is 19.9 Å². The number of nitrogens with one attached hydrogen (secondary N) is 1. The van der Waals surface area contributed by atoms with Crippen molar-refractivity contribution in [2.24, 2.45) is 5.92 Å². The molecule has 3 rings (SSSR count). The Morgan fingerprint density at radius 3 is 2.54 bits per heavy atom. The zero-order chi connectivity index (χ0) is 20.3. The van der Waals surface area contributed by atoms with Crippen LogP contribution in [0, 0.1) is 5.92 Å². The van der Waals surface area contributed by atoms with Crippen molar-refractivity contribution in [2.75, 3.05) is 31.1 Å². The molecule has 7 heteroatoms. The third kappa shape index (κ3) is 4.83. The molecule has 0 aromatic heterocycles. The molecule has 2 fully saturated rings. The number of nitrogens with zero attached hydrogens (tertiary/aromatic N) is 1. The predicted octanol–water partition coefficient (Wildman–Crippen LogP) is 1.91. The number of carbonyl (C=O) groups is 1. The van der Waals surface area contributed by atoms with Crippen LogP contribution in [0.4, 0.5) is 5.69 Å². The number of hydrogen-bond donors (Lipinski definition) is 3. The molecule has 2 aliphatic heterocycles. The molecule has 1 aromatic carbocycles. The number of anilines is 1. The van der Waals surface area contributed by atoms with Gasteiger partial charge >= 0.3 is 0 Å². The number of aliphatic hydroxyl groups is 1. The summed E-state index contributed by atoms with van der Waals surface area (Å²) in [6.07, 6.45) is 2.45. The molecule has 0 unspecified atom stereocenters. The van der Waals surface area contributed by atoms with Crippen molar-refractivity contribution < 1.29 is 19.4 Å². The van der Waals surface area contributed by atoms with Crippen LogP contribution in [0.2, 0.25) is 18.6 Å². The Bertz CT molecular complexity index is 661. The second-order valence-corrected chi connectivity index (χ2v) is 12.7. The van der Waals surface area contributed by atoms with Gasteiger partial charge in [-0.05, 0) is 56.0 Å². The first-order valence-electron chi connectivity index (χ1n) is 10.4. The Morgan fingerprint density at radius 2 is 1.93 bits per heavy atom. The van der Waals surface area contributed by atoms with Gasteiger partial charge in [-0.3, -0.25) is 4.79 Å². The highest BCUT2D eigenvalue weighted by Gasteiger charge is 2.49. The minimum atomic E-state index is -2.35. The van der Waals surface area contributed by atoms with Crippen LogP contribution in [-0.2, 0) is 16.0 Å². The lowest BCUT2D eigenvalue weighted by atomic mass is 9.95. The number of carbonyl (C=O) groups excluding carboxylic acids is 1. The van der Waals surface area contributed by atoms with Gasteiger partial charge in [0.2, 0.25) is 5.91 Å². The van der Waals surface area contributed by atoms with Crippen LogP contribution in [-0.4, -0.2) is 62.6 Å². The third-order valence-corrected chi connectivity index (χ3v) is 8.72. The molecule has 2 saturated heterocycles. The van der Waals surface area contributed by atoms with Gasteiger partial charge in [0.1, 0.15) is 0 Å². The summed E-state index contributed by atoms with van der Waals surface area (Å²) < 4.78 is 6.26. The zero-order valence-corrected chi connectivity index (χ0v) is 18.2. The van der Waals surface area contributed by atoms with Crippen molar-refractivity contribution in [2.45, 2.75) is 57.0 Å². The molecule has 2 aliphatic rings. The van der Waals surface area contributed by atoms with Crippen molar-refractivity contribution in [3.8, 4) is 0 Å². The molecule has 0 saturated carbocycles. The number of ether oxygens (including phenoxy) is 1. The molecule has 1 aromatic rings. The molecule has 28 heavy (non-hydrogen) atoms. The van der Waals surface area contributed by atoms with Gasteiger partial charge < -0.3 is 24.9 Å². The highest BCUT2D eigenvalue weighted by atomic mass is 28.4. The van der Waals surface area contributed by atoms with E-state index in [1.165, 1.54) is 5.56 Å². The maximum Gasteiger partial charge on any atom is 0.240 e. The SMILES string of the molecule is C[C@@H]1[C@@H]([Si](C)(C)O)[C@H](CCO)O[C@@H]1CCc1ccc(N2CCNCC2=O)cc1. The smallest absolute Gasteiger partial charge is 0.240 e. The van der Waals surface area contributed by atoms with Crippen LogP contribution in [0.15, 0.2) is 24.3 Å². The Labute approximate surface area is 169 Å². The Hall–Kier alpha value is -1.25. The number of benzene rings is 1. The molecule has 0 radical (unpaired) electrons. The summed E-state index contributed by atoms with van der Waals surface area (Å²) in [5, 5.41) is 12.5. The van der Waals surface area contributed by atoms with Gasteiger partial charge in [0.25, 0.3) is 0 Å². The third-order valence-electron chi connectivity index (χ3n) is 6.19. The van der Waals surface area contributed by atoms with E-state index in [4.69, 9.17) is 4.74 Å². The lowest BCUT2D eigenvalue weighted by Crippen LogP contribution is -2.48. The summed E-state index contributed by atoms with van der Waals surface area (Å²) in [4.78, 5) is 24.6. The van der Waals surface area contributed by atoms with Gasteiger partial charge in [-0.25, -0.2) is 0 Å². The maximum absolute atomic E-state index is 12.0. The first-order chi connectivity index (χ1) is 13.3. The Kier molecular flexibility index (Phi) is 6.93. The van der Waals surface area contributed by atoms with E-state index in [0.717, 1.165) is 25.1 Å². The van der Waals surface area contributed by atoms with Crippen LogP contribution in [0.3, 0.4) is 0 Å². The first kappa shape index (κ1) is 21.5. The normalized spacial score (nSPS) is 28.8. The van der Waals surface area contributed by atoms with Gasteiger partial charge in [-0.15, -0.1) is 0 Å². The number of piperazine rings is 1. The molecule has 156 valence electrons. The standard InChI is InChI=1S/C21H34N2O4Si/c1-15-18(27-19(10-13-24)21(15)28(2,3)26)9-6-16-4-7-17(8-5-16)23-12-11-22-14-20(23)25/h4-5,7-8,15,18-19,21-22,24,26H,6,9-14H2,1-3H3/t15-,18+,19-,21+/m0/s1. The van der Waals surface area contributed by atoms with Crippen LogP contribution in [0.5, 0.6) is 0 Å². The van der Waals surface area contributed by atoms with E-state index in [1.54, 1.807) is 0 Å². The number of aliphatic hydroxyl groups excluding tert-OH is 1. The second-order valence-electron chi connectivity index (χ2n) is 8.69. The largest absolute Gasteiger partial charge is 0.432 e. The fraction of sp³-hybridized carbons (Fsp3) is 0.667. The fourth-order valence-corrected chi connectivity index (χ4v) is 7.49. The number of hydrogen-bond acceptors (Lipinski definition) is 5. The summed E-state index contributed by atoms with van der Waals surface area (Å²) in [6, 6.07) is 8.24. The first-order valence-corrected chi connectivity index (χ1v) is 13.4. The zero-order valence-electron chi connectivity index (χ0n) is 17.2. The van der Waals surface area contributed by atoms with Crippen LogP contribution < -0.4 is 10.2 Å². The van der Waals surface area contributed by atoms with Gasteiger partial charge in [0, 0.05) is 30.9 Å². The predicted molar refractivity (Wildman–Crippen MR) is 113 cm³/mol. The lowest BCUT2D eigenvalue weighted by molar-refractivity contribution is -0.118. The van der Waals surface area contributed by atoms with Crippen LogP contribution in [0.25, 0.3) is 0 Å². The molecule has 0 spiro atoms. The fourth-order valence-electron chi connectivity index (χ4n) is 4.84. The van der Waals surface area contributed by atoms with E-state index in [2.05, 4.69) is 24.4 Å². The summed E-state index contributed by atoms with van der Waals surface area (Å²) >= 11 is 0. The number of rotatable bonds is 7. The molecule has 0 aliphatic carbocycles. The molecule has 2 heterocycles. The van der Waals surface area contributed by atoms with Crippen molar-refractivity contribution in [3.63, 3.8) is 0 Å². The van der Waals surface area contributed by atoms with E-state index < -0.39 is 8.32 Å². The van der Waals surface area contributed by atoms with Gasteiger partial charge in [0.05, 0.1) is 18.8 Å². The number of aryl methyl sites for hydroxylation is 1. The molecule has 3 N–H and O–H groups in total. The molecule has 4 atom stereocenters. The topological polar surface area (TPSA) is 82.0 Å². The van der Waals surface area contributed by atoms with E-state index in [9.17, 15) is 14.7 Å². The van der Waals surface area contributed by atoms with E-state index in [-0.39, 0.29) is 30.3 Å². The van der Waals surface area contributed by atoms with E-state index in [0.29, 0.717) is 25.4 Å². The van der Waals surface area contributed by atoms with Gasteiger partial charge in [0.15, 0.2) is 8.32 Å². The molecular weight excluding hydrogens is 372 g/mol. The van der Waals surface area contributed by atoms with E-state index >= 15 is 0 Å². The summed E-state index contributed by atoms with van der Waals surface area (Å²) in [6.45, 7) is 8.15. The van der Waals surface area contributed by atoms with Crippen molar-refractivity contribution in [1.29, 1.82) is 0 Å². The minimum Gasteiger partial charge on any atom is -0.432 e. The Balaban J connectivity index is 1.60. The summed E-state index contributed by atoms with van der Waals surface area (Å²) in [5.41, 5.74) is 2.34. The van der Waals surface area contributed by atoms with E-state index in [1.807, 2.05) is 30.1 Å². The van der Waals surface area contributed by atoms with Gasteiger partial charge in [-0.1, -0.05) is 19.1 Å². The Morgan fingerprint density at radius 1 is 1.21 bits per heavy atom. The summed E-state index contributed by atoms with van der Waals surface area (Å²) in [5.74, 6) is 0.407. The average Bonchev–Trinajstić information content (AvgIpc) is 2.97. The highest BCUT2D eigenvalue weighted by Crippen LogP contribution is 2.45. The maximum atomic E-state index is 12.0. The second kappa shape index (κ2) is 9.05. The highest BCUT2D eigenvalue weighted by molar-refractivity contribution is 6.71. The monoisotopic (exact) mass is 406 g/mol. The van der Waals surface area contributed by atoms with Crippen LogP contribution in [0.1, 0.15) is 25.3 Å². The minimum absolute atomic E-state index is 0.0437. The molecule has 1 amide bonds. The quantitative estimate of drug-likeness (QED) is 0.603. The van der Waals surface area contributed by atoms with Crippen molar-refractivity contribution in [1.82, 2.24) is 5.32 Å². The van der Waals surface area contributed by atoms with Crippen LogP contribution >= 0.6 is 0 Å². The molecule has 0 bridgehead atoms.